The number of nitrogens with zero attached hydrogens (tertiary/aromatic N) is 2. The highest BCUT2D eigenvalue weighted by Crippen LogP contribution is 2.24. The van der Waals surface area contributed by atoms with Crippen LogP contribution in [0.3, 0.4) is 0 Å². The Morgan fingerprint density at radius 2 is 1.73 bits per heavy atom. The fourth-order valence-corrected chi connectivity index (χ4v) is 2.79. The summed E-state index contributed by atoms with van der Waals surface area (Å²) in [6, 6.07) is 8.95. The van der Waals surface area contributed by atoms with Gasteiger partial charge in [0.1, 0.15) is 17.3 Å². The molecule has 1 N–H and O–H groups in total. The van der Waals surface area contributed by atoms with E-state index in [0.717, 1.165) is 5.56 Å². The van der Waals surface area contributed by atoms with Crippen LogP contribution in [-0.4, -0.2) is 15.3 Å². The molecule has 1 amide bonds. The number of pyridine rings is 1. The molecule has 26 heavy (non-hydrogen) atoms. The molecule has 0 aliphatic heterocycles. The van der Waals surface area contributed by atoms with Crippen LogP contribution in [0, 0.1) is 17.0 Å². The van der Waals surface area contributed by atoms with E-state index in [2.05, 4.69) is 10.3 Å². The molecule has 3 rings (SSSR count). The van der Waals surface area contributed by atoms with Crippen molar-refractivity contribution in [1.29, 1.82) is 0 Å². The average Bonchev–Trinajstić information content (AvgIpc) is 2.84. The summed E-state index contributed by atoms with van der Waals surface area (Å²) in [6.07, 6.45) is 2.06. The van der Waals surface area contributed by atoms with Gasteiger partial charge in [-0.15, -0.1) is 0 Å². The maximum Gasteiger partial charge on any atom is 0.226 e. The zero-order valence-electron chi connectivity index (χ0n) is 15.0. The van der Waals surface area contributed by atoms with E-state index in [9.17, 15) is 13.6 Å². The SMILES string of the molecule is CC(C)(C)CC(=O)Nc1nc2ccc(F)cn2c1Cc1ccc(F)cc1. The third-order valence-corrected chi connectivity index (χ3v) is 3.91. The van der Waals surface area contributed by atoms with E-state index in [1.807, 2.05) is 20.8 Å². The standard InChI is InChI=1S/C20H21F2N3O/c1-20(2,3)11-18(26)24-19-16(10-13-4-6-14(21)7-5-13)25-12-15(22)8-9-17(25)23-19/h4-9,12H,10-11H2,1-3H3,(H,24,26). The van der Waals surface area contributed by atoms with E-state index in [4.69, 9.17) is 0 Å². The van der Waals surface area contributed by atoms with Crippen LogP contribution in [0.4, 0.5) is 14.6 Å². The predicted molar refractivity (Wildman–Crippen MR) is 97.1 cm³/mol. The number of benzene rings is 1. The molecule has 4 nitrogen and oxygen atoms in total. The van der Waals surface area contributed by atoms with Gasteiger partial charge in [0.2, 0.25) is 5.91 Å². The fourth-order valence-electron chi connectivity index (χ4n) is 2.79. The Labute approximate surface area is 150 Å². The number of carbonyl (C=O) groups excluding carboxylic acids is 1. The lowest BCUT2D eigenvalue weighted by Gasteiger charge is -2.17. The van der Waals surface area contributed by atoms with Crippen LogP contribution in [0.2, 0.25) is 0 Å². The van der Waals surface area contributed by atoms with Crippen LogP contribution in [0.1, 0.15) is 38.4 Å². The number of rotatable bonds is 4. The lowest BCUT2D eigenvalue weighted by molar-refractivity contribution is -0.117. The Balaban J connectivity index is 1.98. The molecule has 0 saturated carbocycles. The van der Waals surface area contributed by atoms with Crippen molar-refractivity contribution in [3.8, 4) is 0 Å². The second kappa shape index (κ2) is 6.86. The molecule has 0 bridgehead atoms. The molecule has 0 spiro atoms. The lowest BCUT2D eigenvalue weighted by atomic mass is 9.92. The smallest absolute Gasteiger partial charge is 0.226 e. The highest BCUT2D eigenvalue weighted by molar-refractivity contribution is 5.91. The van der Waals surface area contributed by atoms with Crippen LogP contribution in [0.5, 0.6) is 0 Å². The molecule has 0 fully saturated rings. The molecule has 1 aromatic carbocycles. The van der Waals surface area contributed by atoms with Gasteiger partial charge in [0.15, 0.2) is 5.82 Å². The fraction of sp³-hybridized carbons (Fsp3) is 0.300. The van der Waals surface area contributed by atoms with Crippen molar-refractivity contribution in [3.63, 3.8) is 0 Å². The first-order chi connectivity index (χ1) is 12.2. The van der Waals surface area contributed by atoms with Crippen molar-refractivity contribution in [1.82, 2.24) is 9.38 Å². The molecule has 2 aromatic heterocycles. The van der Waals surface area contributed by atoms with Crippen molar-refractivity contribution in [2.24, 2.45) is 5.41 Å². The molecule has 0 radical (unpaired) electrons. The van der Waals surface area contributed by atoms with Gasteiger partial charge in [0.05, 0.1) is 5.69 Å². The number of fused-ring (bicyclic) bond motifs is 1. The summed E-state index contributed by atoms with van der Waals surface area (Å²) in [5.41, 5.74) is 1.86. The number of imidazole rings is 1. The first kappa shape index (κ1) is 18.0. The monoisotopic (exact) mass is 357 g/mol. The van der Waals surface area contributed by atoms with E-state index in [1.54, 1.807) is 22.6 Å². The number of amides is 1. The number of anilines is 1. The molecule has 3 aromatic rings. The molecule has 0 aliphatic rings. The van der Waals surface area contributed by atoms with Gasteiger partial charge in [-0.3, -0.25) is 9.20 Å². The maximum atomic E-state index is 13.7. The molecule has 0 unspecified atom stereocenters. The van der Waals surface area contributed by atoms with E-state index in [-0.39, 0.29) is 17.1 Å². The summed E-state index contributed by atoms with van der Waals surface area (Å²) in [6.45, 7) is 5.93. The third-order valence-electron chi connectivity index (χ3n) is 3.91. The first-order valence-electron chi connectivity index (χ1n) is 8.42. The number of nitrogens with one attached hydrogen (secondary N) is 1. The van der Waals surface area contributed by atoms with Crippen molar-refractivity contribution in [3.05, 3.63) is 65.5 Å². The summed E-state index contributed by atoms with van der Waals surface area (Å²) < 4.78 is 28.5. The van der Waals surface area contributed by atoms with Gasteiger partial charge in [0.25, 0.3) is 0 Å². The Kier molecular flexibility index (Phi) is 4.76. The second-order valence-corrected chi connectivity index (χ2v) is 7.57. The highest BCUT2D eigenvalue weighted by Gasteiger charge is 2.20. The number of hydrogen-bond donors (Lipinski definition) is 1. The van der Waals surface area contributed by atoms with E-state index >= 15 is 0 Å². The van der Waals surface area contributed by atoms with Crippen LogP contribution < -0.4 is 5.32 Å². The van der Waals surface area contributed by atoms with Crippen LogP contribution in [0.25, 0.3) is 5.65 Å². The predicted octanol–water partition coefficient (Wildman–Crippen LogP) is 4.58. The summed E-state index contributed by atoms with van der Waals surface area (Å²) in [5, 5.41) is 2.84. The molecule has 136 valence electrons. The number of aromatic nitrogens is 2. The molecular formula is C20H21F2N3O. The molecule has 0 aliphatic carbocycles. The molecule has 2 heterocycles. The van der Waals surface area contributed by atoms with Gasteiger partial charge < -0.3 is 5.32 Å². The zero-order chi connectivity index (χ0) is 18.9. The Morgan fingerprint density at radius 1 is 1.08 bits per heavy atom. The van der Waals surface area contributed by atoms with Crippen LogP contribution in [-0.2, 0) is 11.2 Å². The average molecular weight is 357 g/mol. The lowest BCUT2D eigenvalue weighted by Crippen LogP contribution is -2.20. The number of hydrogen-bond acceptors (Lipinski definition) is 2. The molecule has 0 atom stereocenters. The summed E-state index contributed by atoms with van der Waals surface area (Å²) in [5.74, 6) is -0.477. The topological polar surface area (TPSA) is 46.4 Å². The normalized spacial score (nSPS) is 11.7. The minimum atomic E-state index is -0.400. The van der Waals surface area contributed by atoms with Crippen LogP contribution >= 0.6 is 0 Å². The van der Waals surface area contributed by atoms with E-state index in [0.29, 0.717) is 30.0 Å². The van der Waals surface area contributed by atoms with Gasteiger partial charge in [-0.2, -0.15) is 0 Å². The van der Waals surface area contributed by atoms with Gasteiger partial charge in [-0.1, -0.05) is 32.9 Å². The van der Waals surface area contributed by atoms with Crippen molar-refractivity contribution < 1.29 is 13.6 Å². The van der Waals surface area contributed by atoms with Gasteiger partial charge in [-0.05, 0) is 35.2 Å². The number of halogens is 2. The Morgan fingerprint density at radius 3 is 2.38 bits per heavy atom. The van der Waals surface area contributed by atoms with E-state index < -0.39 is 5.82 Å². The Bertz CT molecular complexity index is 940. The summed E-state index contributed by atoms with van der Waals surface area (Å²) >= 11 is 0. The highest BCUT2D eigenvalue weighted by atomic mass is 19.1. The van der Waals surface area contributed by atoms with Gasteiger partial charge >= 0.3 is 0 Å². The maximum absolute atomic E-state index is 13.7. The summed E-state index contributed by atoms with van der Waals surface area (Å²) in [7, 11) is 0. The number of carbonyl (C=O) groups is 1. The van der Waals surface area contributed by atoms with Gasteiger partial charge in [-0.25, -0.2) is 13.8 Å². The zero-order valence-corrected chi connectivity index (χ0v) is 15.0. The molecule has 0 saturated heterocycles. The van der Waals surface area contributed by atoms with Crippen molar-refractivity contribution >= 4 is 17.4 Å². The second-order valence-electron chi connectivity index (χ2n) is 7.57. The molecular weight excluding hydrogens is 336 g/mol. The first-order valence-corrected chi connectivity index (χ1v) is 8.42. The van der Waals surface area contributed by atoms with Crippen molar-refractivity contribution in [2.45, 2.75) is 33.6 Å². The van der Waals surface area contributed by atoms with Gasteiger partial charge in [0, 0.05) is 19.0 Å². The van der Waals surface area contributed by atoms with Crippen LogP contribution in [0.15, 0.2) is 42.6 Å². The summed E-state index contributed by atoms with van der Waals surface area (Å²) in [4.78, 5) is 16.8. The minimum Gasteiger partial charge on any atom is -0.309 e. The minimum absolute atomic E-state index is 0.151. The van der Waals surface area contributed by atoms with E-state index in [1.165, 1.54) is 24.4 Å². The largest absolute Gasteiger partial charge is 0.309 e. The van der Waals surface area contributed by atoms with Crippen molar-refractivity contribution in [2.75, 3.05) is 5.32 Å². The quantitative estimate of drug-likeness (QED) is 0.743. The molecule has 6 heteroatoms. The Hall–Kier alpha value is -2.76. The third kappa shape index (κ3) is 4.25.